The predicted molar refractivity (Wildman–Crippen MR) is 148 cm³/mol. The number of hydrogen-bond acceptors (Lipinski definition) is 6. The Kier molecular flexibility index (Phi) is 8.09. The molecule has 0 spiro atoms. The second-order valence-electron chi connectivity index (χ2n) is 8.79. The molecule has 10 heteroatoms. The van der Waals surface area contributed by atoms with Crippen LogP contribution in [0.25, 0.3) is 0 Å². The lowest BCUT2D eigenvalue weighted by atomic mass is 9.93. The minimum Gasteiger partial charge on any atom is -0.379 e. The fourth-order valence-corrected chi connectivity index (χ4v) is 6.26. The van der Waals surface area contributed by atoms with E-state index in [1.165, 1.54) is 48.5 Å². The van der Waals surface area contributed by atoms with Crippen LogP contribution in [0, 0.1) is 13.8 Å². The molecule has 0 saturated heterocycles. The van der Waals surface area contributed by atoms with Crippen LogP contribution >= 0.6 is 23.2 Å². The molecule has 0 bridgehead atoms. The lowest BCUT2D eigenvalue weighted by molar-refractivity contribution is 0.484. The van der Waals surface area contributed by atoms with Gasteiger partial charge in [0.15, 0.2) is 0 Å². The molecule has 0 aliphatic rings. The molecule has 4 aromatic carbocycles. The zero-order valence-corrected chi connectivity index (χ0v) is 23.8. The van der Waals surface area contributed by atoms with Gasteiger partial charge in [-0.25, -0.2) is 0 Å². The summed E-state index contributed by atoms with van der Waals surface area (Å²) in [6, 6.07) is 21.9. The van der Waals surface area contributed by atoms with Crippen LogP contribution in [-0.4, -0.2) is 16.8 Å². The predicted octanol–water partition coefficient (Wildman–Crippen LogP) is 7.30. The summed E-state index contributed by atoms with van der Waals surface area (Å²) >= 11 is 13.0. The first kappa shape index (κ1) is 28.0. The zero-order valence-electron chi connectivity index (χ0n) is 20.7. The normalized spacial score (nSPS) is 11.9. The van der Waals surface area contributed by atoms with Crippen molar-refractivity contribution in [1.29, 1.82) is 0 Å². The minimum atomic E-state index is -4.02. The van der Waals surface area contributed by atoms with Gasteiger partial charge in [-0.3, -0.25) is 0 Å². The summed E-state index contributed by atoms with van der Waals surface area (Å²) in [5.41, 5.74) is 3.21. The average Bonchev–Trinajstić information content (AvgIpc) is 2.84. The van der Waals surface area contributed by atoms with Crippen LogP contribution in [0.2, 0.25) is 10.0 Å². The van der Waals surface area contributed by atoms with Crippen molar-refractivity contribution in [3.8, 4) is 11.5 Å². The standard InChI is InChI=1S/C28H24Cl2O6S2/c1-18-4-10-23(11-5-18)37(31,32)35-21-8-14-25(27(29)16-21)20(3)26-15-9-22(17-28(26)30)36-38(33,34)24-12-6-19(2)7-13-24/h4-17,20H,1-3H3. The van der Waals surface area contributed by atoms with Crippen molar-refractivity contribution in [2.24, 2.45) is 0 Å². The van der Waals surface area contributed by atoms with E-state index in [0.717, 1.165) is 11.1 Å². The molecule has 6 nitrogen and oxygen atoms in total. The second-order valence-corrected chi connectivity index (χ2v) is 12.7. The van der Waals surface area contributed by atoms with Crippen LogP contribution in [0.1, 0.15) is 35.1 Å². The van der Waals surface area contributed by atoms with Gasteiger partial charge >= 0.3 is 20.2 Å². The first-order valence-electron chi connectivity index (χ1n) is 11.5. The quantitative estimate of drug-likeness (QED) is 0.200. The van der Waals surface area contributed by atoms with Gasteiger partial charge < -0.3 is 8.37 Å². The zero-order chi connectivity index (χ0) is 27.7. The summed E-state index contributed by atoms with van der Waals surface area (Å²) in [6.07, 6.45) is 0. The maximum Gasteiger partial charge on any atom is 0.339 e. The summed E-state index contributed by atoms with van der Waals surface area (Å²) in [5, 5.41) is 0.569. The van der Waals surface area contributed by atoms with E-state index in [9.17, 15) is 16.8 Å². The molecule has 0 radical (unpaired) electrons. The summed E-state index contributed by atoms with van der Waals surface area (Å²) in [5.74, 6) is -0.161. The lowest BCUT2D eigenvalue weighted by Crippen LogP contribution is -2.10. The van der Waals surface area contributed by atoms with E-state index in [1.807, 2.05) is 20.8 Å². The summed E-state index contributed by atoms with van der Waals surface area (Å²) < 4.78 is 61.0. The molecular formula is C28H24Cl2O6S2. The Labute approximate surface area is 233 Å². The number of aryl methyl sites for hydroxylation is 2. The molecule has 198 valence electrons. The fraction of sp³-hybridized carbons (Fsp3) is 0.143. The Bertz CT molecular complexity index is 1560. The Hall–Kier alpha value is -3.04. The average molecular weight is 592 g/mol. The van der Waals surface area contributed by atoms with Crippen LogP contribution in [-0.2, 0) is 20.2 Å². The lowest BCUT2D eigenvalue weighted by Gasteiger charge is -2.17. The van der Waals surface area contributed by atoms with Gasteiger partial charge in [-0.1, -0.05) is 77.7 Å². The fourth-order valence-electron chi connectivity index (χ4n) is 3.75. The van der Waals surface area contributed by atoms with Crippen LogP contribution in [0.5, 0.6) is 11.5 Å². The molecule has 4 aromatic rings. The minimum absolute atomic E-state index is 0.0372. The largest absolute Gasteiger partial charge is 0.379 e. The van der Waals surface area contributed by atoms with Crippen molar-refractivity contribution in [3.05, 3.63) is 117 Å². The topological polar surface area (TPSA) is 86.7 Å². The third-order valence-electron chi connectivity index (χ3n) is 5.91. The molecule has 0 saturated carbocycles. The molecule has 0 unspecified atom stereocenters. The number of halogens is 2. The third kappa shape index (κ3) is 6.32. The molecule has 0 N–H and O–H groups in total. The monoisotopic (exact) mass is 590 g/mol. The molecule has 38 heavy (non-hydrogen) atoms. The van der Waals surface area contributed by atoms with Gasteiger partial charge in [0.1, 0.15) is 21.3 Å². The highest BCUT2D eigenvalue weighted by atomic mass is 35.5. The van der Waals surface area contributed by atoms with E-state index < -0.39 is 20.2 Å². The third-order valence-corrected chi connectivity index (χ3v) is 9.09. The maximum absolute atomic E-state index is 12.6. The van der Waals surface area contributed by atoms with Crippen molar-refractivity contribution in [2.75, 3.05) is 0 Å². The smallest absolute Gasteiger partial charge is 0.339 e. The van der Waals surface area contributed by atoms with Crippen molar-refractivity contribution < 1.29 is 25.2 Å². The highest BCUT2D eigenvalue weighted by Crippen LogP contribution is 2.37. The van der Waals surface area contributed by atoms with Crippen LogP contribution in [0.3, 0.4) is 0 Å². The molecule has 0 heterocycles. The number of rotatable bonds is 8. The van der Waals surface area contributed by atoms with E-state index in [0.29, 0.717) is 11.1 Å². The van der Waals surface area contributed by atoms with Crippen molar-refractivity contribution in [3.63, 3.8) is 0 Å². The summed E-state index contributed by atoms with van der Waals surface area (Å²) in [7, 11) is -8.05. The van der Waals surface area contributed by atoms with Crippen LogP contribution in [0.4, 0.5) is 0 Å². The second kappa shape index (κ2) is 11.0. The van der Waals surface area contributed by atoms with E-state index in [2.05, 4.69) is 0 Å². The highest BCUT2D eigenvalue weighted by Gasteiger charge is 2.21. The first-order chi connectivity index (χ1) is 17.9. The molecule has 4 rings (SSSR count). The molecule has 0 aromatic heterocycles. The molecule has 0 amide bonds. The van der Waals surface area contributed by atoms with Crippen molar-refractivity contribution in [2.45, 2.75) is 36.5 Å². The van der Waals surface area contributed by atoms with E-state index in [1.54, 1.807) is 36.4 Å². The Morgan fingerprint density at radius 3 is 1.24 bits per heavy atom. The van der Waals surface area contributed by atoms with Crippen molar-refractivity contribution in [1.82, 2.24) is 0 Å². The first-order valence-corrected chi connectivity index (χ1v) is 15.0. The van der Waals surface area contributed by atoms with Gasteiger partial charge in [-0.05, 0) is 61.4 Å². The Morgan fingerprint density at radius 2 is 0.921 bits per heavy atom. The van der Waals surface area contributed by atoms with Gasteiger partial charge in [-0.15, -0.1) is 0 Å². The molecule has 0 aliphatic heterocycles. The Balaban J connectivity index is 1.52. The van der Waals surface area contributed by atoms with Crippen LogP contribution < -0.4 is 8.37 Å². The molecule has 0 fully saturated rings. The number of hydrogen-bond donors (Lipinski definition) is 0. The van der Waals surface area contributed by atoms with Crippen LogP contribution in [0.15, 0.2) is 94.7 Å². The van der Waals surface area contributed by atoms with Gasteiger partial charge in [0, 0.05) is 28.1 Å². The summed E-state index contributed by atoms with van der Waals surface area (Å²) in [4.78, 5) is 0.0744. The van der Waals surface area contributed by atoms with E-state index in [-0.39, 0.29) is 37.3 Å². The molecular weight excluding hydrogens is 567 g/mol. The van der Waals surface area contributed by atoms with E-state index >= 15 is 0 Å². The van der Waals surface area contributed by atoms with Gasteiger partial charge in [-0.2, -0.15) is 16.8 Å². The maximum atomic E-state index is 12.6. The Morgan fingerprint density at radius 1 is 0.579 bits per heavy atom. The SMILES string of the molecule is Cc1ccc(S(=O)(=O)Oc2ccc(C(C)c3ccc(OS(=O)(=O)c4ccc(C)cc4)cc3Cl)c(Cl)c2)cc1. The van der Waals surface area contributed by atoms with Crippen molar-refractivity contribution >= 4 is 43.4 Å². The highest BCUT2D eigenvalue weighted by molar-refractivity contribution is 7.87. The van der Waals surface area contributed by atoms with Gasteiger partial charge in [0.2, 0.25) is 0 Å². The van der Waals surface area contributed by atoms with E-state index in [4.69, 9.17) is 31.6 Å². The van der Waals surface area contributed by atoms with Gasteiger partial charge in [0.25, 0.3) is 0 Å². The van der Waals surface area contributed by atoms with Gasteiger partial charge in [0.05, 0.1) is 0 Å². The summed E-state index contributed by atoms with van der Waals surface area (Å²) in [6.45, 7) is 5.59. The number of benzene rings is 4. The molecule has 0 aliphatic carbocycles. The molecule has 0 atom stereocenters.